The molecule has 1 fully saturated rings. The number of hydrogen-bond acceptors (Lipinski definition) is 4. The lowest BCUT2D eigenvalue weighted by Gasteiger charge is -2.36. The van der Waals surface area contributed by atoms with E-state index in [9.17, 15) is 0 Å². The zero-order valence-corrected chi connectivity index (χ0v) is 36.0. The number of para-hydroxylation sites is 1. The zero-order chi connectivity index (χ0) is 42.6. The van der Waals surface area contributed by atoms with Crippen molar-refractivity contribution in [2.75, 3.05) is 0 Å². The summed E-state index contributed by atoms with van der Waals surface area (Å²) in [7, 11) is 0. The molecule has 0 saturated heterocycles. The fourth-order valence-corrected chi connectivity index (χ4v) is 11.5. The summed E-state index contributed by atoms with van der Waals surface area (Å²) in [5, 5.41) is 2.10. The van der Waals surface area contributed by atoms with Gasteiger partial charge in [-0.05, 0) is 116 Å². The van der Waals surface area contributed by atoms with E-state index in [0.29, 0.717) is 17.5 Å². The van der Waals surface area contributed by atoms with E-state index in [2.05, 4.69) is 153 Å². The average molecular weight is 824 g/mol. The molecule has 0 atom stereocenters. The van der Waals surface area contributed by atoms with Gasteiger partial charge in [0, 0.05) is 32.7 Å². The Morgan fingerprint density at radius 3 is 1.72 bits per heavy atom. The number of benzene rings is 8. The van der Waals surface area contributed by atoms with Crippen LogP contribution in [0, 0.1) is 0 Å². The van der Waals surface area contributed by atoms with Crippen LogP contribution in [0.15, 0.2) is 180 Å². The third kappa shape index (κ3) is 5.58. The highest BCUT2D eigenvalue weighted by Crippen LogP contribution is 2.60. The Balaban J connectivity index is 0.909. The second kappa shape index (κ2) is 14.0. The molecular formula is C60H45N3O. The van der Waals surface area contributed by atoms with Crippen molar-refractivity contribution in [1.82, 2.24) is 15.0 Å². The molecule has 3 aliphatic rings. The van der Waals surface area contributed by atoms with Gasteiger partial charge in [0.05, 0.1) is 5.56 Å². The lowest BCUT2D eigenvalue weighted by molar-refractivity contribution is 0.353. The zero-order valence-electron chi connectivity index (χ0n) is 36.0. The first-order chi connectivity index (χ1) is 31.4. The molecule has 0 bridgehead atoms. The summed E-state index contributed by atoms with van der Waals surface area (Å²) in [6.45, 7) is 4.81. The third-order valence-corrected chi connectivity index (χ3v) is 14.8. The Bertz CT molecular complexity index is 3490. The Kier molecular flexibility index (Phi) is 8.15. The topological polar surface area (TPSA) is 51.8 Å². The van der Waals surface area contributed by atoms with E-state index in [0.717, 1.165) is 44.2 Å². The van der Waals surface area contributed by atoms with Crippen LogP contribution in [0.3, 0.4) is 0 Å². The largest absolute Gasteiger partial charge is 0.455 e. The van der Waals surface area contributed by atoms with Crippen molar-refractivity contribution in [3.63, 3.8) is 0 Å². The van der Waals surface area contributed by atoms with Crippen molar-refractivity contribution < 1.29 is 4.42 Å². The van der Waals surface area contributed by atoms with E-state index in [4.69, 9.17) is 19.4 Å². The molecule has 2 heterocycles. The molecule has 13 rings (SSSR count). The standard InChI is InChI=1S/C60H45N3O/c1-59(2)50-29-27-41(33-46(50)48-36-53-47(35-52(48)59)43-19-10-11-22-51(43)60(53)31-12-5-13-32-60)42-28-30-54-49(34-42)44-20-14-21-45(55(44)64-54)58-62-56(39-17-8-4-9-18-39)61-57(63-58)40-25-23-38(24-26-40)37-15-6-3-7-16-37/h3-4,6-11,14-30,33-36H,5,12-13,31-32H2,1-2H3. The second-order valence-corrected chi connectivity index (χ2v) is 18.6. The van der Waals surface area contributed by atoms with E-state index >= 15 is 0 Å². The molecule has 0 N–H and O–H groups in total. The van der Waals surface area contributed by atoms with Gasteiger partial charge in [0.2, 0.25) is 0 Å². The number of rotatable bonds is 5. The van der Waals surface area contributed by atoms with E-state index in [1.165, 1.54) is 82.2 Å². The molecule has 10 aromatic rings. The fourth-order valence-electron chi connectivity index (χ4n) is 11.5. The lowest BCUT2D eigenvalue weighted by Crippen LogP contribution is -2.28. The quantitative estimate of drug-likeness (QED) is 0.173. The minimum absolute atomic E-state index is 0.0997. The van der Waals surface area contributed by atoms with Gasteiger partial charge in [0.15, 0.2) is 17.5 Å². The van der Waals surface area contributed by atoms with Crippen LogP contribution in [-0.2, 0) is 10.8 Å². The molecule has 0 amide bonds. The molecule has 0 aliphatic heterocycles. The van der Waals surface area contributed by atoms with Crippen LogP contribution >= 0.6 is 0 Å². The van der Waals surface area contributed by atoms with Crippen molar-refractivity contribution in [2.45, 2.75) is 56.8 Å². The van der Waals surface area contributed by atoms with E-state index in [1.807, 2.05) is 36.4 Å². The highest BCUT2D eigenvalue weighted by Gasteiger charge is 2.46. The van der Waals surface area contributed by atoms with Crippen molar-refractivity contribution in [3.05, 3.63) is 198 Å². The van der Waals surface area contributed by atoms with E-state index < -0.39 is 0 Å². The molecule has 4 nitrogen and oxygen atoms in total. The predicted octanol–water partition coefficient (Wildman–Crippen LogP) is 15.6. The van der Waals surface area contributed by atoms with Gasteiger partial charge in [-0.15, -0.1) is 0 Å². The fraction of sp³-hybridized carbons (Fsp3) is 0.150. The van der Waals surface area contributed by atoms with Crippen molar-refractivity contribution in [2.24, 2.45) is 0 Å². The minimum Gasteiger partial charge on any atom is -0.455 e. The van der Waals surface area contributed by atoms with Gasteiger partial charge in [-0.1, -0.05) is 173 Å². The second-order valence-electron chi connectivity index (χ2n) is 18.6. The molecule has 8 aromatic carbocycles. The van der Waals surface area contributed by atoms with Crippen molar-refractivity contribution >= 4 is 21.9 Å². The van der Waals surface area contributed by atoms with Crippen molar-refractivity contribution in [3.8, 4) is 78.7 Å². The number of nitrogens with zero attached hydrogens (tertiary/aromatic N) is 3. The molecule has 0 radical (unpaired) electrons. The maximum atomic E-state index is 6.76. The summed E-state index contributed by atoms with van der Waals surface area (Å²) >= 11 is 0. The molecule has 1 saturated carbocycles. The first kappa shape index (κ1) is 37.2. The molecule has 3 aliphatic carbocycles. The lowest BCUT2D eigenvalue weighted by atomic mass is 9.67. The highest BCUT2D eigenvalue weighted by atomic mass is 16.3. The van der Waals surface area contributed by atoms with Gasteiger partial charge >= 0.3 is 0 Å². The van der Waals surface area contributed by atoms with E-state index in [-0.39, 0.29) is 10.8 Å². The van der Waals surface area contributed by atoms with Crippen LogP contribution in [-0.4, -0.2) is 15.0 Å². The van der Waals surface area contributed by atoms with Crippen LogP contribution in [0.4, 0.5) is 0 Å². The summed E-state index contributed by atoms with van der Waals surface area (Å²) < 4.78 is 6.76. The normalized spacial score (nSPS) is 15.3. The maximum Gasteiger partial charge on any atom is 0.167 e. The molecule has 0 unspecified atom stereocenters. The Morgan fingerprint density at radius 1 is 0.375 bits per heavy atom. The third-order valence-electron chi connectivity index (χ3n) is 14.8. The Hall–Kier alpha value is -7.43. The van der Waals surface area contributed by atoms with Crippen LogP contribution in [0.1, 0.15) is 68.2 Å². The summed E-state index contributed by atoms with van der Waals surface area (Å²) in [5.41, 5.74) is 20.6. The summed E-state index contributed by atoms with van der Waals surface area (Å²) in [6, 6.07) is 63.5. The Morgan fingerprint density at radius 2 is 0.938 bits per heavy atom. The van der Waals surface area contributed by atoms with Gasteiger partial charge in [0.1, 0.15) is 11.2 Å². The number of fused-ring (bicyclic) bond motifs is 11. The average Bonchev–Trinajstić information content (AvgIpc) is 3.94. The minimum atomic E-state index is -0.0997. The number of hydrogen-bond donors (Lipinski definition) is 0. The molecule has 1 spiro atoms. The Labute approximate surface area is 373 Å². The molecule has 64 heavy (non-hydrogen) atoms. The predicted molar refractivity (Wildman–Crippen MR) is 261 cm³/mol. The van der Waals surface area contributed by atoms with Crippen LogP contribution in [0.5, 0.6) is 0 Å². The van der Waals surface area contributed by atoms with Crippen LogP contribution in [0.25, 0.3) is 101 Å². The maximum absolute atomic E-state index is 6.76. The van der Waals surface area contributed by atoms with Crippen LogP contribution in [0.2, 0.25) is 0 Å². The van der Waals surface area contributed by atoms with Crippen LogP contribution < -0.4 is 0 Å². The van der Waals surface area contributed by atoms with Gasteiger partial charge < -0.3 is 4.42 Å². The smallest absolute Gasteiger partial charge is 0.167 e. The molecule has 306 valence electrons. The summed E-state index contributed by atoms with van der Waals surface area (Å²) in [4.78, 5) is 15.2. The molecular weight excluding hydrogens is 779 g/mol. The first-order valence-corrected chi connectivity index (χ1v) is 22.8. The van der Waals surface area contributed by atoms with Crippen molar-refractivity contribution in [1.29, 1.82) is 0 Å². The number of furan rings is 1. The SMILES string of the molecule is CC1(C)c2ccc(-c3ccc4oc5c(-c6nc(-c7ccccc7)nc(-c7ccc(-c8ccccc8)cc7)n6)cccc5c4c3)cc2-c2cc3c(cc21)-c1ccccc1C31CCCCC1. The summed E-state index contributed by atoms with van der Waals surface area (Å²) in [6.07, 6.45) is 6.38. The van der Waals surface area contributed by atoms with Gasteiger partial charge in [0.25, 0.3) is 0 Å². The first-order valence-electron chi connectivity index (χ1n) is 22.8. The van der Waals surface area contributed by atoms with Gasteiger partial charge in [-0.3, -0.25) is 0 Å². The van der Waals surface area contributed by atoms with Gasteiger partial charge in [-0.2, -0.15) is 0 Å². The summed E-state index contributed by atoms with van der Waals surface area (Å²) in [5.74, 6) is 1.81. The van der Waals surface area contributed by atoms with Gasteiger partial charge in [-0.25, -0.2) is 15.0 Å². The molecule has 2 aromatic heterocycles. The highest BCUT2D eigenvalue weighted by molar-refractivity contribution is 6.10. The monoisotopic (exact) mass is 823 g/mol. The number of aromatic nitrogens is 3. The molecule has 4 heteroatoms. The van der Waals surface area contributed by atoms with E-state index in [1.54, 1.807) is 11.1 Å².